The predicted molar refractivity (Wildman–Crippen MR) is 89.9 cm³/mol. The number of pyridine rings is 1. The van der Waals surface area contributed by atoms with Crippen molar-refractivity contribution >= 4 is 15.9 Å². The summed E-state index contributed by atoms with van der Waals surface area (Å²) < 4.78 is 6.86. The maximum Gasteiger partial charge on any atom is 0.223 e. The minimum atomic E-state index is 0.574. The minimum Gasteiger partial charge on any atom is -0.439 e. The van der Waals surface area contributed by atoms with Crippen LogP contribution in [-0.2, 0) is 6.54 Å². The first kappa shape index (κ1) is 16.0. The third-order valence-corrected chi connectivity index (χ3v) is 3.97. The average molecular weight is 349 g/mol. The zero-order chi connectivity index (χ0) is 15.2. The number of rotatable bonds is 6. The number of benzene rings is 1. The van der Waals surface area contributed by atoms with Gasteiger partial charge < -0.3 is 10.1 Å². The maximum atomic E-state index is 5.91. The molecule has 0 aliphatic carbocycles. The number of aromatic nitrogens is 1. The van der Waals surface area contributed by atoms with Crippen LogP contribution in [0.2, 0.25) is 0 Å². The molecule has 2 aromatic rings. The first-order chi connectivity index (χ1) is 10.1. The van der Waals surface area contributed by atoms with Gasteiger partial charge in [0.1, 0.15) is 5.75 Å². The van der Waals surface area contributed by atoms with E-state index in [2.05, 4.69) is 52.2 Å². The van der Waals surface area contributed by atoms with E-state index >= 15 is 0 Å². The van der Waals surface area contributed by atoms with Gasteiger partial charge in [-0.05, 0) is 59.1 Å². The molecule has 0 aliphatic rings. The maximum absolute atomic E-state index is 5.91. The normalized spacial score (nSPS) is 12.2. The summed E-state index contributed by atoms with van der Waals surface area (Å²) in [6.07, 6.45) is 2.89. The molecule has 0 fully saturated rings. The van der Waals surface area contributed by atoms with E-state index in [1.54, 1.807) is 6.20 Å². The van der Waals surface area contributed by atoms with Crippen molar-refractivity contribution in [3.63, 3.8) is 0 Å². The molecular weight excluding hydrogens is 328 g/mol. The second-order valence-electron chi connectivity index (χ2n) is 5.13. The molecule has 0 saturated carbocycles. The molecule has 21 heavy (non-hydrogen) atoms. The predicted octanol–water partition coefficient (Wildman–Crippen LogP) is 4.87. The van der Waals surface area contributed by atoms with Crippen LogP contribution in [0.25, 0.3) is 0 Å². The highest BCUT2D eigenvalue weighted by Crippen LogP contribution is 2.27. The van der Waals surface area contributed by atoms with Crippen molar-refractivity contribution in [3.8, 4) is 11.6 Å². The largest absolute Gasteiger partial charge is 0.439 e. The molecule has 1 aromatic heterocycles. The van der Waals surface area contributed by atoms with Crippen molar-refractivity contribution in [3.05, 3.63) is 52.1 Å². The second kappa shape index (κ2) is 7.57. The van der Waals surface area contributed by atoms with Gasteiger partial charge in [0.2, 0.25) is 5.88 Å². The van der Waals surface area contributed by atoms with E-state index in [1.165, 1.54) is 5.56 Å². The van der Waals surface area contributed by atoms with Crippen LogP contribution in [0.4, 0.5) is 0 Å². The molecule has 0 spiro atoms. The van der Waals surface area contributed by atoms with Crippen LogP contribution in [0.3, 0.4) is 0 Å². The van der Waals surface area contributed by atoms with E-state index in [-0.39, 0.29) is 0 Å². The van der Waals surface area contributed by atoms with Crippen molar-refractivity contribution in [2.45, 2.75) is 32.7 Å². The van der Waals surface area contributed by atoms with Crippen LogP contribution in [0.5, 0.6) is 11.6 Å². The monoisotopic (exact) mass is 348 g/mol. The fourth-order valence-electron chi connectivity index (χ4n) is 2.09. The summed E-state index contributed by atoms with van der Waals surface area (Å²) in [5.74, 6) is 2.03. The first-order valence-corrected chi connectivity index (χ1v) is 8.00. The molecule has 2 rings (SSSR count). The van der Waals surface area contributed by atoms with Crippen LogP contribution < -0.4 is 10.1 Å². The molecule has 0 saturated heterocycles. The Morgan fingerprint density at radius 1 is 1.29 bits per heavy atom. The Kier molecular flexibility index (Phi) is 5.76. The summed E-state index contributed by atoms with van der Waals surface area (Å²) in [6, 6.07) is 10.3. The number of nitrogens with one attached hydrogen (secondary N) is 1. The van der Waals surface area contributed by atoms with E-state index in [1.807, 2.05) is 25.2 Å². The highest BCUT2D eigenvalue weighted by molar-refractivity contribution is 9.10. The van der Waals surface area contributed by atoms with Crippen molar-refractivity contribution in [1.82, 2.24) is 10.3 Å². The van der Waals surface area contributed by atoms with E-state index in [9.17, 15) is 0 Å². The van der Waals surface area contributed by atoms with Gasteiger partial charge in [0, 0.05) is 22.8 Å². The molecular formula is C17H21BrN2O. The van der Waals surface area contributed by atoms with Gasteiger partial charge in [0.15, 0.2) is 0 Å². The first-order valence-electron chi connectivity index (χ1n) is 7.20. The molecule has 1 unspecified atom stereocenters. The van der Waals surface area contributed by atoms with Crippen LogP contribution in [0.1, 0.15) is 37.3 Å². The Morgan fingerprint density at radius 2 is 2.00 bits per heavy atom. The van der Waals surface area contributed by atoms with Gasteiger partial charge in [-0.1, -0.05) is 26.0 Å². The molecule has 1 aromatic carbocycles. The van der Waals surface area contributed by atoms with E-state index in [0.29, 0.717) is 18.3 Å². The van der Waals surface area contributed by atoms with Crippen LogP contribution in [0.15, 0.2) is 41.0 Å². The number of hydrogen-bond acceptors (Lipinski definition) is 3. The molecule has 112 valence electrons. The fourth-order valence-corrected chi connectivity index (χ4v) is 2.47. The molecule has 4 heteroatoms. The quantitative estimate of drug-likeness (QED) is 0.808. The lowest BCUT2D eigenvalue weighted by Gasteiger charge is -2.12. The van der Waals surface area contributed by atoms with E-state index in [4.69, 9.17) is 4.74 Å². The Balaban J connectivity index is 2.18. The van der Waals surface area contributed by atoms with Gasteiger partial charge in [-0.2, -0.15) is 0 Å². The number of ether oxygens (including phenoxy) is 1. The fraction of sp³-hybridized carbons (Fsp3) is 0.353. The van der Waals surface area contributed by atoms with Gasteiger partial charge in [-0.3, -0.25) is 0 Å². The molecule has 0 aliphatic heterocycles. The van der Waals surface area contributed by atoms with Gasteiger partial charge in [-0.15, -0.1) is 0 Å². The van der Waals surface area contributed by atoms with Gasteiger partial charge in [0.05, 0.1) is 0 Å². The zero-order valence-electron chi connectivity index (χ0n) is 12.7. The Morgan fingerprint density at radius 3 is 2.62 bits per heavy atom. The lowest BCUT2D eigenvalue weighted by atomic mass is 9.99. The summed E-state index contributed by atoms with van der Waals surface area (Å²) in [5, 5.41) is 3.13. The SMILES string of the molecule is CCC(C)c1ccc(Oc2ncc(Br)cc2CNC)cc1. The smallest absolute Gasteiger partial charge is 0.223 e. The number of nitrogens with zero attached hydrogens (tertiary/aromatic N) is 1. The van der Waals surface area contributed by atoms with Gasteiger partial charge >= 0.3 is 0 Å². The number of hydrogen-bond donors (Lipinski definition) is 1. The Labute approximate surface area is 134 Å². The van der Waals surface area contributed by atoms with Crippen molar-refractivity contribution < 1.29 is 4.74 Å². The third kappa shape index (κ3) is 4.29. The average Bonchev–Trinajstić information content (AvgIpc) is 2.50. The molecule has 0 bridgehead atoms. The summed E-state index contributed by atoms with van der Waals surface area (Å²) in [4.78, 5) is 4.36. The van der Waals surface area contributed by atoms with Crippen molar-refractivity contribution in [1.29, 1.82) is 0 Å². The van der Waals surface area contributed by atoms with Gasteiger partial charge in [0.25, 0.3) is 0 Å². The molecule has 1 N–H and O–H groups in total. The molecule has 1 heterocycles. The molecule has 3 nitrogen and oxygen atoms in total. The molecule has 1 atom stereocenters. The second-order valence-corrected chi connectivity index (χ2v) is 6.04. The topological polar surface area (TPSA) is 34.1 Å². The van der Waals surface area contributed by atoms with Crippen LogP contribution >= 0.6 is 15.9 Å². The van der Waals surface area contributed by atoms with E-state index < -0.39 is 0 Å². The van der Waals surface area contributed by atoms with Crippen molar-refractivity contribution in [2.24, 2.45) is 0 Å². The minimum absolute atomic E-state index is 0.574. The lowest BCUT2D eigenvalue weighted by molar-refractivity contribution is 0.453. The molecule has 0 radical (unpaired) electrons. The van der Waals surface area contributed by atoms with Gasteiger partial charge in [-0.25, -0.2) is 4.98 Å². The zero-order valence-corrected chi connectivity index (χ0v) is 14.3. The summed E-state index contributed by atoms with van der Waals surface area (Å²) >= 11 is 3.44. The van der Waals surface area contributed by atoms with Crippen LogP contribution in [-0.4, -0.2) is 12.0 Å². The molecule has 0 amide bonds. The third-order valence-electron chi connectivity index (χ3n) is 3.54. The summed E-state index contributed by atoms with van der Waals surface area (Å²) in [6.45, 7) is 5.15. The lowest BCUT2D eigenvalue weighted by Crippen LogP contribution is -2.07. The highest BCUT2D eigenvalue weighted by atomic mass is 79.9. The summed E-state index contributed by atoms with van der Waals surface area (Å²) in [7, 11) is 1.91. The summed E-state index contributed by atoms with van der Waals surface area (Å²) in [5.41, 5.74) is 2.36. The highest BCUT2D eigenvalue weighted by Gasteiger charge is 2.08. The van der Waals surface area contributed by atoms with Crippen LogP contribution in [0, 0.1) is 0 Å². The Hall–Kier alpha value is -1.39. The Bertz CT molecular complexity index is 584. The van der Waals surface area contributed by atoms with Crippen molar-refractivity contribution in [2.75, 3.05) is 7.05 Å². The standard InChI is InChI=1S/C17H21BrN2O/c1-4-12(2)13-5-7-16(8-6-13)21-17-14(10-19-3)9-15(18)11-20-17/h5-9,11-12,19H,4,10H2,1-3H3. The van der Waals surface area contributed by atoms with E-state index in [0.717, 1.165) is 22.2 Å². The number of halogens is 1.